The van der Waals surface area contributed by atoms with Crippen LogP contribution < -0.4 is 10.6 Å². The zero-order chi connectivity index (χ0) is 14.9. The number of nitrogens with zero attached hydrogens (tertiary/aromatic N) is 2. The van der Waals surface area contributed by atoms with Crippen molar-refractivity contribution in [3.8, 4) is 6.07 Å². The van der Waals surface area contributed by atoms with Crippen molar-refractivity contribution in [2.75, 3.05) is 23.7 Å². The molecule has 1 saturated carbocycles. The van der Waals surface area contributed by atoms with Gasteiger partial charge in [0.1, 0.15) is 16.6 Å². The molecule has 2 rings (SSSR count). The van der Waals surface area contributed by atoms with E-state index in [2.05, 4.69) is 31.7 Å². The van der Waals surface area contributed by atoms with Crippen molar-refractivity contribution in [2.24, 2.45) is 11.8 Å². The summed E-state index contributed by atoms with van der Waals surface area (Å²) in [6.07, 6.45) is 1.91. The van der Waals surface area contributed by atoms with E-state index in [0.717, 1.165) is 30.9 Å². The third kappa shape index (κ3) is 2.80. The van der Waals surface area contributed by atoms with Gasteiger partial charge in [-0.05, 0) is 25.7 Å². The second-order valence-electron chi connectivity index (χ2n) is 5.71. The van der Waals surface area contributed by atoms with Crippen LogP contribution in [0.2, 0.25) is 0 Å². The van der Waals surface area contributed by atoms with Crippen LogP contribution in [0.1, 0.15) is 48.8 Å². The van der Waals surface area contributed by atoms with E-state index in [-0.39, 0.29) is 11.7 Å². The highest BCUT2D eigenvalue weighted by Gasteiger charge is 2.34. The van der Waals surface area contributed by atoms with E-state index in [1.165, 1.54) is 11.3 Å². The third-order valence-corrected chi connectivity index (χ3v) is 4.75. The second kappa shape index (κ2) is 5.84. The summed E-state index contributed by atoms with van der Waals surface area (Å²) >= 11 is 1.39. The van der Waals surface area contributed by atoms with Crippen LogP contribution in [0.4, 0.5) is 10.7 Å². The molecule has 1 aliphatic rings. The maximum absolute atomic E-state index is 12.2. The maximum Gasteiger partial charge on any atom is 0.178 e. The Balaban J connectivity index is 2.39. The number of carbonyl (C=O) groups is 1. The molecule has 108 valence electrons. The molecular weight excluding hydrogens is 270 g/mol. The summed E-state index contributed by atoms with van der Waals surface area (Å²) in [6.45, 7) is 8.01. The molecule has 1 aromatic heterocycles. The first kappa shape index (κ1) is 14.9. The predicted octanol–water partition coefficient (Wildman–Crippen LogP) is 3.28. The molecule has 0 atom stereocenters. The second-order valence-corrected chi connectivity index (χ2v) is 6.71. The van der Waals surface area contributed by atoms with Gasteiger partial charge in [0.05, 0.1) is 10.6 Å². The number of anilines is 2. The fraction of sp³-hybridized carbons (Fsp3) is 0.600. The standard InChI is InChI=1S/C15H21N3OS/c1-4-18(8-9(2)3)15-11(7-16)12(17)14(20-15)13(19)10-5-6-10/h9-10H,4-6,8,17H2,1-3H3. The summed E-state index contributed by atoms with van der Waals surface area (Å²) in [5.74, 6) is 0.749. The Morgan fingerprint density at radius 3 is 2.65 bits per heavy atom. The van der Waals surface area contributed by atoms with Crippen molar-refractivity contribution in [3.63, 3.8) is 0 Å². The van der Waals surface area contributed by atoms with Crippen LogP contribution >= 0.6 is 11.3 Å². The van der Waals surface area contributed by atoms with Crippen LogP contribution in [-0.4, -0.2) is 18.9 Å². The van der Waals surface area contributed by atoms with E-state index in [1.807, 2.05) is 0 Å². The molecule has 0 amide bonds. The highest BCUT2D eigenvalue weighted by atomic mass is 32.1. The highest BCUT2D eigenvalue weighted by molar-refractivity contribution is 7.19. The molecule has 1 fully saturated rings. The van der Waals surface area contributed by atoms with E-state index < -0.39 is 0 Å². The number of hydrogen-bond donors (Lipinski definition) is 1. The summed E-state index contributed by atoms with van der Waals surface area (Å²) in [5.41, 5.74) is 6.90. The summed E-state index contributed by atoms with van der Waals surface area (Å²) in [7, 11) is 0. The molecule has 0 saturated heterocycles. The molecule has 1 heterocycles. The molecule has 5 heteroatoms. The molecule has 0 bridgehead atoms. The van der Waals surface area contributed by atoms with Gasteiger partial charge < -0.3 is 10.6 Å². The van der Waals surface area contributed by atoms with E-state index in [9.17, 15) is 10.1 Å². The largest absolute Gasteiger partial charge is 0.396 e. The average Bonchev–Trinajstić information content (AvgIpc) is 3.19. The van der Waals surface area contributed by atoms with Crippen LogP contribution in [0.15, 0.2) is 0 Å². The third-order valence-electron chi connectivity index (χ3n) is 3.46. The van der Waals surface area contributed by atoms with Crippen molar-refractivity contribution in [1.29, 1.82) is 5.26 Å². The van der Waals surface area contributed by atoms with Crippen LogP contribution in [-0.2, 0) is 0 Å². The SMILES string of the molecule is CCN(CC(C)C)c1sc(C(=O)C2CC2)c(N)c1C#N. The number of rotatable bonds is 6. The molecule has 4 nitrogen and oxygen atoms in total. The molecular formula is C15H21N3OS. The van der Waals surface area contributed by atoms with Gasteiger partial charge in [0, 0.05) is 19.0 Å². The van der Waals surface area contributed by atoms with Crippen LogP contribution in [0.25, 0.3) is 0 Å². The zero-order valence-electron chi connectivity index (χ0n) is 12.3. The summed E-state index contributed by atoms with van der Waals surface area (Å²) < 4.78 is 0. The Morgan fingerprint density at radius 1 is 1.55 bits per heavy atom. The minimum Gasteiger partial charge on any atom is -0.396 e. The number of nitrogens with two attached hydrogens (primary N) is 1. The Morgan fingerprint density at radius 2 is 2.20 bits per heavy atom. The van der Waals surface area contributed by atoms with E-state index in [1.54, 1.807) is 0 Å². The van der Waals surface area contributed by atoms with Gasteiger partial charge in [-0.2, -0.15) is 5.26 Å². The molecule has 0 radical (unpaired) electrons. The Hall–Kier alpha value is -1.54. The topological polar surface area (TPSA) is 70.1 Å². The van der Waals surface area contributed by atoms with Crippen molar-refractivity contribution in [2.45, 2.75) is 33.6 Å². The Kier molecular flexibility index (Phi) is 4.34. The first-order chi connectivity index (χ1) is 9.49. The van der Waals surface area contributed by atoms with E-state index in [0.29, 0.717) is 22.0 Å². The first-order valence-corrected chi connectivity index (χ1v) is 7.92. The van der Waals surface area contributed by atoms with Crippen LogP contribution in [0, 0.1) is 23.2 Å². The molecule has 1 aliphatic carbocycles. The van der Waals surface area contributed by atoms with Gasteiger partial charge in [-0.15, -0.1) is 11.3 Å². The minimum atomic E-state index is 0.121. The lowest BCUT2D eigenvalue weighted by molar-refractivity contribution is 0.0972. The molecule has 2 N–H and O–H groups in total. The van der Waals surface area contributed by atoms with Crippen molar-refractivity contribution in [3.05, 3.63) is 10.4 Å². The number of ketones is 1. The Labute approximate surface area is 124 Å². The van der Waals surface area contributed by atoms with Gasteiger partial charge in [0.25, 0.3) is 0 Å². The molecule has 0 aromatic carbocycles. The van der Waals surface area contributed by atoms with Crippen molar-refractivity contribution < 1.29 is 4.79 Å². The van der Waals surface area contributed by atoms with Gasteiger partial charge >= 0.3 is 0 Å². The van der Waals surface area contributed by atoms with Crippen molar-refractivity contribution in [1.82, 2.24) is 0 Å². The van der Waals surface area contributed by atoms with Gasteiger partial charge in [0.2, 0.25) is 0 Å². The number of hydrogen-bond acceptors (Lipinski definition) is 5. The fourth-order valence-corrected chi connectivity index (χ4v) is 3.54. The molecule has 0 aliphatic heterocycles. The average molecular weight is 291 g/mol. The summed E-state index contributed by atoms with van der Waals surface area (Å²) in [6, 6.07) is 2.18. The lowest BCUT2D eigenvalue weighted by Gasteiger charge is -2.23. The van der Waals surface area contributed by atoms with Gasteiger partial charge in [-0.1, -0.05) is 13.8 Å². The quantitative estimate of drug-likeness (QED) is 0.817. The smallest absolute Gasteiger partial charge is 0.178 e. The number of nitriles is 1. The summed E-state index contributed by atoms with van der Waals surface area (Å²) in [5, 5.41) is 10.2. The first-order valence-electron chi connectivity index (χ1n) is 7.11. The number of thiophene rings is 1. The van der Waals surface area contributed by atoms with Crippen LogP contribution in [0.3, 0.4) is 0 Å². The van der Waals surface area contributed by atoms with E-state index in [4.69, 9.17) is 5.73 Å². The lowest BCUT2D eigenvalue weighted by atomic mass is 10.1. The monoisotopic (exact) mass is 291 g/mol. The molecule has 0 unspecified atom stereocenters. The number of Topliss-reactive ketones (excluding diaryl/α,β-unsaturated/α-hetero) is 1. The predicted molar refractivity (Wildman–Crippen MR) is 83.2 cm³/mol. The van der Waals surface area contributed by atoms with Gasteiger partial charge in [-0.3, -0.25) is 4.79 Å². The van der Waals surface area contributed by atoms with Crippen LogP contribution in [0.5, 0.6) is 0 Å². The fourth-order valence-electron chi connectivity index (χ4n) is 2.27. The molecule has 0 spiro atoms. The molecule has 20 heavy (non-hydrogen) atoms. The van der Waals surface area contributed by atoms with E-state index >= 15 is 0 Å². The van der Waals surface area contributed by atoms with Crippen molar-refractivity contribution >= 4 is 27.8 Å². The van der Waals surface area contributed by atoms with Gasteiger partial charge in [0.15, 0.2) is 5.78 Å². The highest BCUT2D eigenvalue weighted by Crippen LogP contribution is 2.42. The molecule has 1 aromatic rings. The lowest BCUT2D eigenvalue weighted by Crippen LogP contribution is -2.27. The number of nitrogen functional groups attached to an aromatic ring is 1. The Bertz CT molecular complexity index is 552. The maximum atomic E-state index is 12.2. The van der Waals surface area contributed by atoms with Gasteiger partial charge in [-0.25, -0.2) is 0 Å². The number of carbonyl (C=O) groups excluding carboxylic acids is 1. The minimum absolute atomic E-state index is 0.121. The summed E-state index contributed by atoms with van der Waals surface area (Å²) in [4.78, 5) is 15.0. The normalized spacial score (nSPS) is 14.3. The zero-order valence-corrected chi connectivity index (χ0v) is 13.1.